The molecule has 6 rings (SSSR count). The maximum absolute atomic E-state index is 12.4. The minimum Gasteiger partial charge on any atom is -0.507 e. The zero-order valence-electron chi connectivity index (χ0n) is 24.1. The third kappa shape index (κ3) is 5.69. The molecular formula is C30H43N7O3. The number of fused-ring (bicyclic) bond motifs is 3. The number of aromatic nitrogens is 2. The van der Waals surface area contributed by atoms with Gasteiger partial charge in [-0.25, -0.2) is 4.79 Å². The Morgan fingerprint density at radius 1 is 0.925 bits per heavy atom. The number of piperidine rings is 2. The molecule has 0 aliphatic carbocycles. The summed E-state index contributed by atoms with van der Waals surface area (Å²) in [5.74, 6) is 1.05. The summed E-state index contributed by atoms with van der Waals surface area (Å²) < 4.78 is 5.57. The predicted octanol–water partition coefficient (Wildman–Crippen LogP) is 3.63. The lowest BCUT2D eigenvalue weighted by molar-refractivity contribution is 0.00934. The molecule has 4 aliphatic rings. The molecular weight excluding hydrogens is 506 g/mol. The van der Waals surface area contributed by atoms with Gasteiger partial charge in [0, 0.05) is 56.9 Å². The number of hydrogen-bond acceptors (Lipinski definition) is 9. The highest BCUT2D eigenvalue weighted by Crippen LogP contribution is 2.36. The number of rotatable bonds is 3. The lowest BCUT2D eigenvalue weighted by Gasteiger charge is -2.50. The second-order valence-electron chi connectivity index (χ2n) is 12.7. The van der Waals surface area contributed by atoms with Crippen molar-refractivity contribution in [2.45, 2.75) is 70.2 Å². The van der Waals surface area contributed by atoms with Crippen LogP contribution in [0.3, 0.4) is 0 Å². The number of phenols is 1. The Labute approximate surface area is 237 Å². The summed E-state index contributed by atoms with van der Waals surface area (Å²) in [5.41, 5.74) is 2.05. The number of nitrogens with zero attached hydrogens (tertiary/aromatic N) is 6. The minimum atomic E-state index is -0.443. The van der Waals surface area contributed by atoms with Crippen molar-refractivity contribution in [2.75, 3.05) is 62.6 Å². The van der Waals surface area contributed by atoms with Gasteiger partial charge in [0.25, 0.3) is 0 Å². The number of nitrogens with one attached hydrogen (secondary N) is 1. The second-order valence-corrected chi connectivity index (χ2v) is 12.7. The summed E-state index contributed by atoms with van der Waals surface area (Å²) in [6, 6.07) is 10.9. The highest BCUT2D eigenvalue weighted by molar-refractivity contribution is 5.76. The number of piperazine rings is 1. The van der Waals surface area contributed by atoms with Crippen molar-refractivity contribution >= 4 is 17.6 Å². The molecule has 2 aromatic rings. The quantitative estimate of drug-likeness (QED) is 0.595. The molecule has 40 heavy (non-hydrogen) atoms. The second kappa shape index (κ2) is 11.0. The largest absolute Gasteiger partial charge is 0.507 e. The molecule has 5 heterocycles. The van der Waals surface area contributed by atoms with Crippen molar-refractivity contribution in [1.29, 1.82) is 0 Å². The number of amides is 1. The van der Waals surface area contributed by atoms with Gasteiger partial charge in [0.1, 0.15) is 11.4 Å². The van der Waals surface area contributed by atoms with Crippen LogP contribution in [0.15, 0.2) is 30.3 Å². The Kier molecular flexibility index (Phi) is 7.48. The standard InChI is InChI=1S/C30H43N7O3/c1-30(2,3)40-29(39)35-14-10-21(11-15-35)34-12-8-22(9-13-34)36-16-17-37-23(20-36)19-31-28-26(37)18-25(32-33-28)24-6-4-5-7-27(24)38/h4-7,18,21-23,38H,8-17,19-20H2,1-3H3,(H,31,33)/t23-/m0/s1. The van der Waals surface area contributed by atoms with Crippen LogP contribution in [0.5, 0.6) is 5.75 Å². The van der Waals surface area contributed by atoms with E-state index >= 15 is 0 Å². The summed E-state index contributed by atoms with van der Waals surface area (Å²) in [7, 11) is 0. The SMILES string of the molecule is CC(C)(C)OC(=O)N1CCC(N2CCC(N3CCN4c5cc(-c6ccccc6O)nnc5NC[C@H]4C3)CC2)CC1. The van der Waals surface area contributed by atoms with Crippen LogP contribution in [0.2, 0.25) is 0 Å². The molecule has 1 amide bonds. The summed E-state index contributed by atoms with van der Waals surface area (Å²) >= 11 is 0. The van der Waals surface area contributed by atoms with Crippen LogP contribution >= 0.6 is 0 Å². The van der Waals surface area contributed by atoms with E-state index in [1.807, 2.05) is 43.9 Å². The van der Waals surface area contributed by atoms with Gasteiger partial charge in [0.05, 0.1) is 17.4 Å². The average molecular weight is 550 g/mol. The van der Waals surface area contributed by atoms with E-state index in [2.05, 4.69) is 36.3 Å². The molecule has 1 aromatic carbocycles. The van der Waals surface area contributed by atoms with Gasteiger partial charge < -0.3 is 29.9 Å². The van der Waals surface area contributed by atoms with Crippen LogP contribution < -0.4 is 10.2 Å². The molecule has 4 aliphatic heterocycles. The Balaban J connectivity index is 1.01. The summed E-state index contributed by atoms with van der Waals surface area (Å²) in [4.78, 5) is 22.2. The molecule has 0 spiro atoms. The van der Waals surface area contributed by atoms with E-state index in [-0.39, 0.29) is 11.8 Å². The maximum atomic E-state index is 12.4. The van der Waals surface area contributed by atoms with Crippen molar-refractivity contribution in [3.05, 3.63) is 30.3 Å². The van der Waals surface area contributed by atoms with Gasteiger partial charge in [-0.15, -0.1) is 10.2 Å². The Bertz CT molecular complexity index is 1200. The third-order valence-electron chi connectivity index (χ3n) is 8.93. The molecule has 3 saturated heterocycles. The van der Waals surface area contributed by atoms with E-state index in [1.54, 1.807) is 6.07 Å². The molecule has 216 valence electrons. The van der Waals surface area contributed by atoms with Crippen molar-refractivity contribution < 1.29 is 14.6 Å². The fourth-order valence-corrected chi connectivity index (χ4v) is 6.82. The molecule has 10 nitrogen and oxygen atoms in total. The van der Waals surface area contributed by atoms with Gasteiger partial charge in [-0.05, 0) is 77.7 Å². The van der Waals surface area contributed by atoms with Crippen LogP contribution in [0.25, 0.3) is 11.3 Å². The number of carbonyl (C=O) groups excluding carboxylic acids is 1. The molecule has 1 atom stereocenters. The number of ether oxygens (including phenoxy) is 1. The number of aromatic hydroxyl groups is 1. The topological polar surface area (TPSA) is 97.3 Å². The van der Waals surface area contributed by atoms with Crippen LogP contribution in [0, 0.1) is 0 Å². The number of anilines is 2. The first-order valence-corrected chi connectivity index (χ1v) is 14.9. The summed E-state index contributed by atoms with van der Waals surface area (Å²) in [6.45, 7) is 13.5. The van der Waals surface area contributed by atoms with Crippen LogP contribution in [-0.2, 0) is 4.74 Å². The molecule has 0 unspecified atom stereocenters. The fourth-order valence-electron chi connectivity index (χ4n) is 6.82. The summed E-state index contributed by atoms with van der Waals surface area (Å²) in [6.07, 6.45) is 4.28. The van der Waals surface area contributed by atoms with Gasteiger partial charge in [-0.3, -0.25) is 4.90 Å². The molecule has 2 N–H and O–H groups in total. The molecule has 10 heteroatoms. The minimum absolute atomic E-state index is 0.176. The first-order valence-electron chi connectivity index (χ1n) is 14.9. The third-order valence-corrected chi connectivity index (χ3v) is 8.93. The summed E-state index contributed by atoms with van der Waals surface area (Å²) in [5, 5.41) is 22.7. The van der Waals surface area contributed by atoms with Crippen LogP contribution in [-0.4, -0.2) is 112 Å². The van der Waals surface area contributed by atoms with Crippen molar-refractivity contribution in [1.82, 2.24) is 24.9 Å². The Morgan fingerprint density at radius 3 is 2.35 bits per heavy atom. The fraction of sp³-hybridized carbons (Fsp3) is 0.633. The van der Waals surface area contributed by atoms with Gasteiger partial charge in [-0.2, -0.15) is 0 Å². The Hall–Kier alpha value is -3.11. The van der Waals surface area contributed by atoms with E-state index in [0.29, 0.717) is 29.4 Å². The number of para-hydroxylation sites is 1. The lowest BCUT2D eigenvalue weighted by atomic mass is 9.95. The average Bonchev–Trinajstić information content (AvgIpc) is 2.96. The van der Waals surface area contributed by atoms with E-state index < -0.39 is 5.60 Å². The first-order chi connectivity index (χ1) is 19.2. The highest BCUT2D eigenvalue weighted by Gasteiger charge is 2.37. The molecule has 0 bridgehead atoms. The normalized spacial score (nSPS) is 23.3. The number of likely N-dealkylation sites (tertiary alicyclic amines) is 2. The van der Waals surface area contributed by atoms with E-state index in [0.717, 1.165) is 76.7 Å². The number of benzene rings is 1. The number of phenolic OH excluding ortho intramolecular Hbond substituents is 1. The zero-order valence-corrected chi connectivity index (χ0v) is 24.1. The lowest BCUT2D eigenvalue weighted by Crippen LogP contribution is -2.61. The van der Waals surface area contributed by atoms with Crippen molar-refractivity contribution in [3.63, 3.8) is 0 Å². The Morgan fingerprint density at radius 2 is 1.62 bits per heavy atom. The first kappa shape index (κ1) is 27.1. The van der Waals surface area contributed by atoms with Gasteiger partial charge in [0.2, 0.25) is 0 Å². The van der Waals surface area contributed by atoms with E-state index in [1.165, 1.54) is 12.8 Å². The smallest absolute Gasteiger partial charge is 0.410 e. The predicted molar refractivity (Wildman–Crippen MR) is 156 cm³/mol. The number of carbonyl (C=O) groups is 1. The molecule has 0 radical (unpaired) electrons. The van der Waals surface area contributed by atoms with E-state index in [9.17, 15) is 9.90 Å². The van der Waals surface area contributed by atoms with Crippen molar-refractivity contribution in [3.8, 4) is 17.0 Å². The maximum Gasteiger partial charge on any atom is 0.410 e. The van der Waals surface area contributed by atoms with Crippen LogP contribution in [0.1, 0.15) is 46.5 Å². The molecule has 0 saturated carbocycles. The molecule has 3 fully saturated rings. The zero-order chi connectivity index (χ0) is 27.9. The van der Waals surface area contributed by atoms with Crippen molar-refractivity contribution in [2.24, 2.45) is 0 Å². The number of hydrogen-bond donors (Lipinski definition) is 2. The highest BCUT2D eigenvalue weighted by atomic mass is 16.6. The monoisotopic (exact) mass is 549 g/mol. The van der Waals surface area contributed by atoms with Crippen LogP contribution in [0.4, 0.5) is 16.3 Å². The van der Waals surface area contributed by atoms with Gasteiger partial charge in [-0.1, -0.05) is 12.1 Å². The van der Waals surface area contributed by atoms with Gasteiger partial charge in [0.15, 0.2) is 5.82 Å². The molecule has 1 aromatic heterocycles. The van der Waals surface area contributed by atoms with E-state index in [4.69, 9.17) is 4.74 Å². The van der Waals surface area contributed by atoms with Gasteiger partial charge >= 0.3 is 6.09 Å².